The second kappa shape index (κ2) is 6.01. The van der Waals surface area contributed by atoms with Crippen LogP contribution in [0.15, 0.2) is 42.5 Å². The number of carbonyl (C=O) groups excluding carboxylic acids is 1. The number of halogens is 3. The first kappa shape index (κ1) is 14.5. The van der Waals surface area contributed by atoms with Gasteiger partial charge < -0.3 is 4.74 Å². The van der Waals surface area contributed by atoms with Gasteiger partial charge in [0.25, 0.3) is 0 Å². The van der Waals surface area contributed by atoms with Crippen molar-refractivity contribution in [1.82, 2.24) is 0 Å². The van der Waals surface area contributed by atoms with Crippen molar-refractivity contribution in [2.24, 2.45) is 0 Å². The second-order valence-electron chi connectivity index (χ2n) is 4.21. The van der Waals surface area contributed by atoms with Crippen LogP contribution in [-0.4, -0.2) is 11.9 Å². The van der Waals surface area contributed by atoms with Gasteiger partial charge in [-0.05, 0) is 49.4 Å². The number of benzene rings is 2. The van der Waals surface area contributed by atoms with E-state index in [9.17, 15) is 13.6 Å². The fourth-order valence-electron chi connectivity index (χ4n) is 1.66. The predicted octanol–water partition coefficient (Wildman–Crippen LogP) is 4.27. The van der Waals surface area contributed by atoms with Crippen LogP contribution in [0.5, 0.6) is 5.75 Å². The largest absolute Gasteiger partial charge is 0.481 e. The Balaban J connectivity index is 2.13. The summed E-state index contributed by atoms with van der Waals surface area (Å²) in [4.78, 5) is 12.1. The number of ether oxygens (including phenoxy) is 1. The summed E-state index contributed by atoms with van der Waals surface area (Å²) in [5.74, 6) is -1.00. The molecule has 5 heteroatoms. The molecule has 0 saturated heterocycles. The highest BCUT2D eigenvalue weighted by Gasteiger charge is 2.18. The molecule has 0 N–H and O–H groups in total. The zero-order valence-corrected chi connectivity index (χ0v) is 11.3. The van der Waals surface area contributed by atoms with Gasteiger partial charge in [0.1, 0.15) is 17.4 Å². The van der Waals surface area contributed by atoms with E-state index in [2.05, 4.69) is 0 Å². The topological polar surface area (TPSA) is 26.3 Å². The first-order chi connectivity index (χ1) is 9.47. The minimum absolute atomic E-state index is 0.0868. The Kier molecular flexibility index (Phi) is 4.35. The summed E-state index contributed by atoms with van der Waals surface area (Å²) < 4.78 is 31.1. The molecule has 0 heterocycles. The monoisotopic (exact) mass is 296 g/mol. The third-order valence-corrected chi connectivity index (χ3v) is 2.99. The Bertz CT molecular complexity index is 626. The minimum atomic E-state index is -0.816. The average Bonchev–Trinajstić information content (AvgIpc) is 2.42. The van der Waals surface area contributed by atoms with Gasteiger partial charge in [-0.25, -0.2) is 8.78 Å². The molecular weight excluding hydrogens is 286 g/mol. The molecule has 0 radical (unpaired) electrons. The molecule has 2 aromatic rings. The summed E-state index contributed by atoms with van der Waals surface area (Å²) in [6.45, 7) is 1.55. The molecule has 2 nitrogen and oxygen atoms in total. The van der Waals surface area contributed by atoms with Crippen LogP contribution in [0, 0.1) is 11.6 Å². The molecule has 0 aliphatic rings. The van der Waals surface area contributed by atoms with E-state index in [0.717, 1.165) is 6.07 Å². The standard InChI is InChI=1S/C15H11ClF2O2/c1-9(15(19)10-2-4-11(17)5-3-10)20-14-7-6-12(18)8-13(14)16/h2-9H,1H3. The maximum atomic E-state index is 12.9. The van der Waals surface area contributed by atoms with Crippen LogP contribution in [0.4, 0.5) is 8.78 Å². The molecule has 0 aliphatic carbocycles. The number of hydrogen-bond donors (Lipinski definition) is 0. The quantitative estimate of drug-likeness (QED) is 0.788. The van der Waals surface area contributed by atoms with Gasteiger partial charge in [-0.3, -0.25) is 4.79 Å². The van der Waals surface area contributed by atoms with Gasteiger partial charge >= 0.3 is 0 Å². The van der Waals surface area contributed by atoms with E-state index < -0.39 is 17.7 Å². The first-order valence-electron chi connectivity index (χ1n) is 5.89. The molecule has 2 aromatic carbocycles. The van der Waals surface area contributed by atoms with Gasteiger partial charge in [0, 0.05) is 5.56 Å². The van der Waals surface area contributed by atoms with Crippen LogP contribution >= 0.6 is 11.6 Å². The highest BCUT2D eigenvalue weighted by atomic mass is 35.5. The smallest absolute Gasteiger partial charge is 0.202 e. The van der Waals surface area contributed by atoms with E-state index in [1.807, 2.05) is 0 Å². The van der Waals surface area contributed by atoms with Crippen molar-refractivity contribution in [3.05, 3.63) is 64.7 Å². The molecule has 20 heavy (non-hydrogen) atoms. The lowest BCUT2D eigenvalue weighted by molar-refractivity contribution is 0.0818. The lowest BCUT2D eigenvalue weighted by atomic mass is 10.1. The predicted molar refractivity (Wildman–Crippen MR) is 72.2 cm³/mol. The van der Waals surface area contributed by atoms with Crippen molar-refractivity contribution in [2.45, 2.75) is 13.0 Å². The van der Waals surface area contributed by atoms with Crippen molar-refractivity contribution in [1.29, 1.82) is 0 Å². The molecule has 0 aromatic heterocycles. The van der Waals surface area contributed by atoms with Crippen molar-refractivity contribution in [3.63, 3.8) is 0 Å². The van der Waals surface area contributed by atoms with Gasteiger partial charge in [-0.1, -0.05) is 11.6 Å². The van der Waals surface area contributed by atoms with Crippen molar-refractivity contribution >= 4 is 17.4 Å². The molecule has 0 fully saturated rings. The minimum Gasteiger partial charge on any atom is -0.481 e. The van der Waals surface area contributed by atoms with Gasteiger partial charge in [0.05, 0.1) is 5.02 Å². The van der Waals surface area contributed by atoms with Crippen LogP contribution in [0.25, 0.3) is 0 Å². The molecule has 0 bridgehead atoms. The van der Waals surface area contributed by atoms with E-state index in [0.29, 0.717) is 5.56 Å². The SMILES string of the molecule is CC(Oc1ccc(F)cc1Cl)C(=O)c1ccc(F)cc1. The van der Waals surface area contributed by atoms with Crippen LogP contribution in [0.3, 0.4) is 0 Å². The summed E-state index contributed by atoms with van der Waals surface area (Å²) >= 11 is 5.82. The van der Waals surface area contributed by atoms with Gasteiger partial charge in [-0.2, -0.15) is 0 Å². The molecule has 0 aliphatic heterocycles. The van der Waals surface area contributed by atoms with Crippen molar-refractivity contribution in [2.75, 3.05) is 0 Å². The number of ketones is 1. The van der Waals surface area contributed by atoms with Crippen molar-refractivity contribution in [3.8, 4) is 5.75 Å². The molecular formula is C15H11ClF2O2. The van der Waals surface area contributed by atoms with Gasteiger partial charge in [-0.15, -0.1) is 0 Å². The van der Waals surface area contributed by atoms with E-state index in [-0.39, 0.29) is 16.6 Å². The Hall–Kier alpha value is -1.94. The number of carbonyl (C=O) groups is 1. The molecule has 0 saturated carbocycles. The Morgan fingerprint density at radius 1 is 1.10 bits per heavy atom. The fraction of sp³-hybridized carbons (Fsp3) is 0.133. The molecule has 0 spiro atoms. The third kappa shape index (κ3) is 3.33. The molecule has 0 amide bonds. The molecule has 2 rings (SSSR count). The lowest BCUT2D eigenvalue weighted by Crippen LogP contribution is -2.24. The average molecular weight is 297 g/mol. The van der Waals surface area contributed by atoms with Crippen LogP contribution in [0.2, 0.25) is 5.02 Å². The second-order valence-corrected chi connectivity index (χ2v) is 4.61. The van der Waals surface area contributed by atoms with Gasteiger partial charge in [0.15, 0.2) is 6.10 Å². The van der Waals surface area contributed by atoms with Gasteiger partial charge in [0.2, 0.25) is 5.78 Å². The van der Waals surface area contributed by atoms with Crippen LogP contribution in [0.1, 0.15) is 17.3 Å². The van der Waals surface area contributed by atoms with E-state index in [4.69, 9.17) is 16.3 Å². The maximum absolute atomic E-state index is 12.9. The Morgan fingerprint density at radius 3 is 2.30 bits per heavy atom. The summed E-state index contributed by atoms with van der Waals surface area (Å²) in [6, 6.07) is 8.80. The van der Waals surface area contributed by atoms with E-state index in [1.165, 1.54) is 36.4 Å². The highest BCUT2D eigenvalue weighted by Crippen LogP contribution is 2.26. The van der Waals surface area contributed by atoms with E-state index >= 15 is 0 Å². The number of Topliss-reactive ketones (excluding diaryl/α,β-unsaturated/α-hetero) is 1. The Morgan fingerprint density at radius 2 is 1.70 bits per heavy atom. The van der Waals surface area contributed by atoms with Crippen LogP contribution < -0.4 is 4.74 Å². The summed E-state index contributed by atoms with van der Waals surface area (Å²) in [5, 5.41) is 0.0868. The lowest BCUT2D eigenvalue weighted by Gasteiger charge is -2.14. The highest BCUT2D eigenvalue weighted by molar-refractivity contribution is 6.32. The zero-order valence-electron chi connectivity index (χ0n) is 10.6. The molecule has 104 valence electrons. The summed E-state index contributed by atoms with van der Waals surface area (Å²) in [6.07, 6.45) is -0.816. The Labute approximate surface area is 119 Å². The third-order valence-electron chi connectivity index (χ3n) is 2.70. The van der Waals surface area contributed by atoms with E-state index in [1.54, 1.807) is 6.92 Å². The zero-order chi connectivity index (χ0) is 14.7. The molecule has 1 atom stereocenters. The fourth-order valence-corrected chi connectivity index (χ4v) is 1.88. The summed E-state index contributed by atoms with van der Waals surface area (Å²) in [5.41, 5.74) is 0.331. The number of hydrogen-bond acceptors (Lipinski definition) is 2. The molecule has 1 unspecified atom stereocenters. The normalized spacial score (nSPS) is 12.0. The first-order valence-corrected chi connectivity index (χ1v) is 6.26. The summed E-state index contributed by atoms with van der Waals surface area (Å²) in [7, 11) is 0. The maximum Gasteiger partial charge on any atom is 0.202 e. The van der Waals surface area contributed by atoms with Crippen molar-refractivity contribution < 1.29 is 18.3 Å². The number of rotatable bonds is 4. The van der Waals surface area contributed by atoms with Crippen LogP contribution in [-0.2, 0) is 0 Å².